The van der Waals surface area contributed by atoms with Crippen LogP contribution in [0.5, 0.6) is 0 Å². The van der Waals surface area contributed by atoms with Crippen molar-refractivity contribution in [3.63, 3.8) is 0 Å². The molecule has 0 bridgehead atoms. The van der Waals surface area contributed by atoms with Crippen molar-refractivity contribution in [2.24, 2.45) is 5.92 Å². The van der Waals surface area contributed by atoms with Gasteiger partial charge in [-0.3, -0.25) is 14.4 Å². The molecular weight excluding hydrogens is 587 g/mol. The summed E-state index contributed by atoms with van der Waals surface area (Å²) in [5, 5.41) is 2.63. The second-order valence-electron chi connectivity index (χ2n) is 11.1. The van der Waals surface area contributed by atoms with E-state index < -0.39 is 59.4 Å². The molecular formula is C29H28F7N3O4. The van der Waals surface area contributed by atoms with Crippen LogP contribution in [-0.4, -0.2) is 65.8 Å². The van der Waals surface area contributed by atoms with Gasteiger partial charge in [-0.25, -0.2) is 4.39 Å². The highest BCUT2D eigenvalue weighted by molar-refractivity contribution is 5.91. The summed E-state index contributed by atoms with van der Waals surface area (Å²) in [5.41, 5.74) is -2.78. The summed E-state index contributed by atoms with van der Waals surface area (Å²) in [6, 6.07) is 5.95. The number of nitrogens with one attached hydrogen (secondary N) is 1. The zero-order valence-electron chi connectivity index (χ0n) is 22.8. The van der Waals surface area contributed by atoms with Crippen molar-refractivity contribution >= 4 is 17.7 Å². The van der Waals surface area contributed by atoms with Crippen LogP contribution in [0.2, 0.25) is 0 Å². The van der Waals surface area contributed by atoms with E-state index in [2.05, 4.69) is 5.32 Å². The van der Waals surface area contributed by atoms with Crippen LogP contribution < -0.4 is 5.32 Å². The van der Waals surface area contributed by atoms with E-state index in [4.69, 9.17) is 4.74 Å². The zero-order chi connectivity index (χ0) is 31.3. The number of hydrogen-bond acceptors (Lipinski definition) is 4. The van der Waals surface area contributed by atoms with Crippen LogP contribution in [0.1, 0.15) is 54.0 Å². The SMILES string of the molecule is C[C@@H](O[C@H]1CN2C(=O)CC(C(=O)N3CCNC(=O)C3)C[C@H]2[C@@H]1c1ccc(F)cc1)c1cc(C(F)(F)F)cc(C(F)(F)F)c1. The van der Waals surface area contributed by atoms with Gasteiger partial charge in [0.2, 0.25) is 17.7 Å². The summed E-state index contributed by atoms with van der Waals surface area (Å²) in [6.45, 7) is 1.71. The van der Waals surface area contributed by atoms with Crippen molar-refractivity contribution in [3.8, 4) is 0 Å². The molecule has 1 N–H and O–H groups in total. The second kappa shape index (κ2) is 11.4. The molecule has 0 aromatic heterocycles. The molecule has 0 radical (unpaired) electrons. The van der Waals surface area contributed by atoms with Crippen LogP contribution in [0.15, 0.2) is 42.5 Å². The molecule has 3 fully saturated rings. The summed E-state index contributed by atoms with van der Waals surface area (Å²) in [5.74, 6) is -3.01. The monoisotopic (exact) mass is 615 g/mol. The number of carbonyl (C=O) groups excluding carboxylic acids is 3. The minimum atomic E-state index is -5.04. The third-order valence-corrected chi connectivity index (χ3v) is 8.27. The highest BCUT2D eigenvalue weighted by Gasteiger charge is 2.51. The van der Waals surface area contributed by atoms with Gasteiger partial charge in [0.25, 0.3) is 0 Å². The van der Waals surface area contributed by atoms with Crippen molar-refractivity contribution in [1.82, 2.24) is 15.1 Å². The van der Waals surface area contributed by atoms with E-state index >= 15 is 0 Å². The number of carbonyl (C=O) groups is 3. The molecule has 43 heavy (non-hydrogen) atoms. The van der Waals surface area contributed by atoms with Gasteiger partial charge in [-0.05, 0) is 54.8 Å². The quantitative estimate of drug-likeness (QED) is 0.496. The lowest BCUT2D eigenvalue weighted by Crippen LogP contribution is -2.54. The Morgan fingerprint density at radius 2 is 1.63 bits per heavy atom. The number of benzene rings is 2. The molecule has 3 saturated heterocycles. The molecule has 2 aromatic carbocycles. The fraction of sp³-hybridized carbons (Fsp3) is 0.483. The van der Waals surface area contributed by atoms with Crippen molar-refractivity contribution in [2.45, 2.75) is 56.3 Å². The predicted molar refractivity (Wildman–Crippen MR) is 137 cm³/mol. The Morgan fingerprint density at radius 1 is 1.00 bits per heavy atom. The minimum absolute atomic E-state index is 0.0337. The molecule has 0 spiro atoms. The number of fused-ring (bicyclic) bond motifs is 1. The zero-order valence-corrected chi connectivity index (χ0v) is 22.8. The van der Waals surface area contributed by atoms with Crippen LogP contribution in [0, 0.1) is 11.7 Å². The van der Waals surface area contributed by atoms with Crippen molar-refractivity contribution in [3.05, 3.63) is 70.5 Å². The molecule has 1 unspecified atom stereocenters. The molecule has 3 aliphatic rings. The number of amides is 3. The van der Waals surface area contributed by atoms with Gasteiger partial charge in [0, 0.05) is 43.9 Å². The Morgan fingerprint density at radius 3 is 2.21 bits per heavy atom. The lowest BCUT2D eigenvalue weighted by Gasteiger charge is -2.38. The predicted octanol–water partition coefficient (Wildman–Crippen LogP) is 4.67. The molecule has 2 aromatic rings. The number of halogens is 7. The smallest absolute Gasteiger partial charge is 0.368 e. The van der Waals surface area contributed by atoms with Gasteiger partial charge in [0.05, 0.1) is 29.9 Å². The molecule has 0 aliphatic carbocycles. The second-order valence-corrected chi connectivity index (χ2v) is 11.1. The van der Waals surface area contributed by atoms with E-state index in [9.17, 15) is 45.1 Å². The molecule has 3 heterocycles. The first-order valence-corrected chi connectivity index (χ1v) is 13.7. The van der Waals surface area contributed by atoms with E-state index in [1.165, 1.54) is 41.0 Å². The average molecular weight is 616 g/mol. The van der Waals surface area contributed by atoms with E-state index in [1.807, 2.05) is 0 Å². The number of ether oxygens (including phenoxy) is 1. The number of hydrogen-bond donors (Lipinski definition) is 1. The lowest BCUT2D eigenvalue weighted by molar-refractivity contribution is -0.149. The van der Waals surface area contributed by atoms with Gasteiger partial charge in [-0.1, -0.05) is 12.1 Å². The maximum absolute atomic E-state index is 13.8. The Balaban J connectivity index is 1.45. The van der Waals surface area contributed by atoms with Crippen molar-refractivity contribution in [2.75, 3.05) is 26.2 Å². The molecule has 14 heteroatoms. The first-order chi connectivity index (χ1) is 20.1. The molecule has 7 nitrogen and oxygen atoms in total. The van der Waals surface area contributed by atoms with Crippen LogP contribution in [0.3, 0.4) is 0 Å². The normalized spacial score (nSPS) is 25.4. The Hall–Kier alpha value is -3.68. The highest BCUT2D eigenvalue weighted by Crippen LogP contribution is 2.45. The van der Waals surface area contributed by atoms with Gasteiger partial charge in [0.15, 0.2) is 0 Å². The number of piperazine rings is 1. The van der Waals surface area contributed by atoms with E-state index in [0.717, 1.165) is 0 Å². The summed E-state index contributed by atoms with van der Waals surface area (Å²) in [7, 11) is 0. The van der Waals surface area contributed by atoms with Gasteiger partial charge < -0.3 is 19.9 Å². The van der Waals surface area contributed by atoms with Gasteiger partial charge in [-0.2, -0.15) is 26.3 Å². The summed E-state index contributed by atoms with van der Waals surface area (Å²) < 4.78 is 101. The van der Waals surface area contributed by atoms with Gasteiger partial charge in [0.1, 0.15) is 5.82 Å². The van der Waals surface area contributed by atoms with Crippen LogP contribution in [-0.2, 0) is 31.5 Å². The third-order valence-electron chi connectivity index (χ3n) is 8.27. The Labute approximate surface area is 242 Å². The van der Waals surface area contributed by atoms with E-state index in [0.29, 0.717) is 17.7 Å². The standard InChI is InChI=1S/C29H28F7N3O4/c1-15(17-8-19(28(31,32)33)12-20(9-17)29(34,35)36)43-23-13-39-22(26(23)16-2-4-21(30)5-3-16)10-18(11-25(39)41)27(42)38-7-6-37-24(40)14-38/h2-5,8-9,12,15,18,22-23,26H,6-7,10-11,13-14H2,1H3,(H,37,40)/t15-,18?,22+,23+,26+/m1/s1. The average Bonchev–Trinajstić information content (AvgIpc) is 3.30. The molecule has 0 saturated carbocycles. The molecule has 3 aliphatic heterocycles. The maximum Gasteiger partial charge on any atom is 0.416 e. The highest BCUT2D eigenvalue weighted by atomic mass is 19.4. The summed E-state index contributed by atoms with van der Waals surface area (Å²) in [6.07, 6.45) is -12.2. The fourth-order valence-electron chi connectivity index (χ4n) is 6.22. The molecule has 5 atom stereocenters. The number of alkyl halides is 6. The molecule has 3 amide bonds. The summed E-state index contributed by atoms with van der Waals surface area (Å²) >= 11 is 0. The van der Waals surface area contributed by atoms with Crippen LogP contribution in [0.4, 0.5) is 30.7 Å². The van der Waals surface area contributed by atoms with Crippen LogP contribution >= 0.6 is 0 Å². The largest absolute Gasteiger partial charge is 0.416 e. The topological polar surface area (TPSA) is 79.0 Å². The van der Waals surface area contributed by atoms with Crippen molar-refractivity contribution in [1.29, 1.82) is 0 Å². The fourth-order valence-corrected chi connectivity index (χ4v) is 6.22. The number of rotatable bonds is 5. The first-order valence-electron chi connectivity index (χ1n) is 13.7. The van der Waals surface area contributed by atoms with Crippen molar-refractivity contribution < 1.29 is 49.9 Å². The Kier molecular flexibility index (Phi) is 8.18. The summed E-state index contributed by atoms with van der Waals surface area (Å²) in [4.78, 5) is 41.3. The Bertz CT molecular complexity index is 1360. The number of piperidine rings is 1. The molecule has 232 valence electrons. The minimum Gasteiger partial charge on any atom is -0.368 e. The number of nitrogens with zero attached hydrogens (tertiary/aromatic N) is 2. The van der Waals surface area contributed by atoms with Gasteiger partial charge >= 0.3 is 12.4 Å². The van der Waals surface area contributed by atoms with Crippen LogP contribution in [0.25, 0.3) is 0 Å². The first kappa shape index (κ1) is 30.8. The molecule has 5 rings (SSSR count). The lowest BCUT2D eigenvalue weighted by atomic mass is 9.81. The van der Waals surface area contributed by atoms with E-state index in [1.54, 1.807) is 0 Å². The van der Waals surface area contributed by atoms with E-state index in [-0.39, 0.29) is 68.4 Å². The third kappa shape index (κ3) is 6.48. The maximum atomic E-state index is 13.8. The van der Waals surface area contributed by atoms with Gasteiger partial charge in [-0.15, -0.1) is 0 Å².